The summed E-state index contributed by atoms with van der Waals surface area (Å²) in [5.74, 6) is -1.39. The first-order valence-electron chi connectivity index (χ1n) is 6.27. The summed E-state index contributed by atoms with van der Waals surface area (Å²) >= 11 is 0. The Bertz CT molecular complexity index is 638. The molecular weight excluding hydrogens is 246 g/mol. The first-order chi connectivity index (χ1) is 9.13. The molecule has 2 aromatic carbocycles. The van der Waals surface area contributed by atoms with E-state index in [9.17, 15) is 8.78 Å². The SMILES string of the molecule is Nc1c(F)cc(F)cc1Nc1ccc2c(c1)CCC2. The second-order valence-electron chi connectivity index (χ2n) is 4.81. The summed E-state index contributed by atoms with van der Waals surface area (Å²) in [7, 11) is 0. The van der Waals surface area contributed by atoms with Gasteiger partial charge in [-0.05, 0) is 48.6 Å². The van der Waals surface area contributed by atoms with Crippen LogP contribution in [0, 0.1) is 11.6 Å². The average molecular weight is 260 g/mol. The molecule has 0 aromatic heterocycles. The van der Waals surface area contributed by atoms with E-state index in [1.165, 1.54) is 17.2 Å². The lowest BCUT2D eigenvalue weighted by molar-refractivity contribution is 0.587. The second kappa shape index (κ2) is 4.53. The van der Waals surface area contributed by atoms with Gasteiger partial charge in [0, 0.05) is 11.8 Å². The third kappa shape index (κ3) is 2.26. The highest BCUT2D eigenvalue weighted by Gasteiger charge is 2.12. The molecule has 0 unspecified atom stereocenters. The predicted molar refractivity (Wildman–Crippen MR) is 72.5 cm³/mol. The van der Waals surface area contributed by atoms with Crippen molar-refractivity contribution in [1.82, 2.24) is 0 Å². The molecule has 0 heterocycles. The van der Waals surface area contributed by atoms with Gasteiger partial charge in [-0.25, -0.2) is 8.78 Å². The molecule has 1 aliphatic rings. The number of hydrogen-bond acceptors (Lipinski definition) is 2. The van der Waals surface area contributed by atoms with Crippen molar-refractivity contribution < 1.29 is 8.78 Å². The molecule has 98 valence electrons. The Morgan fingerprint density at radius 3 is 2.63 bits per heavy atom. The maximum atomic E-state index is 13.4. The highest BCUT2D eigenvalue weighted by molar-refractivity contribution is 5.73. The molecule has 3 rings (SSSR count). The minimum atomic E-state index is -0.747. The number of anilines is 3. The Balaban J connectivity index is 1.93. The zero-order chi connectivity index (χ0) is 13.4. The van der Waals surface area contributed by atoms with E-state index in [0.717, 1.165) is 31.0 Å². The molecule has 0 saturated carbocycles. The highest BCUT2D eigenvalue weighted by atomic mass is 19.1. The number of nitrogens with two attached hydrogens (primary N) is 1. The minimum absolute atomic E-state index is 0.0677. The van der Waals surface area contributed by atoms with Crippen LogP contribution >= 0.6 is 0 Å². The third-order valence-electron chi connectivity index (χ3n) is 3.47. The topological polar surface area (TPSA) is 38.0 Å². The van der Waals surface area contributed by atoms with E-state index in [-0.39, 0.29) is 11.4 Å². The lowest BCUT2D eigenvalue weighted by atomic mass is 10.1. The molecule has 2 nitrogen and oxygen atoms in total. The third-order valence-corrected chi connectivity index (χ3v) is 3.47. The van der Waals surface area contributed by atoms with Crippen molar-refractivity contribution in [2.75, 3.05) is 11.1 Å². The molecule has 1 aliphatic carbocycles. The van der Waals surface area contributed by atoms with Gasteiger partial charge >= 0.3 is 0 Å². The average Bonchev–Trinajstić information content (AvgIpc) is 2.82. The standard InChI is InChI=1S/C15H14F2N2/c16-11-7-13(17)15(18)14(8-11)19-12-5-4-9-2-1-3-10(9)6-12/h4-8,19H,1-3,18H2. The summed E-state index contributed by atoms with van der Waals surface area (Å²) in [5.41, 5.74) is 9.25. The van der Waals surface area contributed by atoms with Crippen molar-refractivity contribution in [2.45, 2.75) is 19.3 Å². The largest absolute Gasteiger partial charge is 0.395 e. The number of rotatable bonds is 2. The normalized spacial score (nSPS) is 13.4. The van der Waals surface area contributed by atoms with Gasteiger partial charge in [0.1, 0.15) is 5.82 Å². The van der Waals surface area contributed by atoms with E-state index in [4.69, 9.17) is 5.73 Å². The molecule has 0 radical (unpaired) electrons. The molecule has 19 heavy (non-hydrogen) atoms. The first-order valence-corrected chi connectivity index (χ1v) is 6.27. The Hall–Kier alpha value is -2.10. The zero-order valence-electron chi connectivity index (χ0n) is 10.3. The molecule has 0 saturated heterocycles. The maximum Gasteiger partial charge on any atom is 0.151 e. The van der Waals surface area contributed by atoms with Gasteiger partial charge in [-0.3, -0.25) is 0 Å². The van der Waals surface area contributed by atoms with Crippen molar-refractivity contribution >= 4 is 17.1 Å². The molecule has 0 atom stereocenters. The summed E-state index contributed by atoms with van der Waals surface area (Å²) in [6.07, 6.45) is 3.32. The number of halogens is 2. The maximum absolute atomic E-state index is 13.4. The van der Waals surface area contributed by atoms with Crippen LogP contribution in [0.2, 0.25) is 0 Å². The van der Waals surface area contributed by atoms with Crippen molar-refractivity contribution in [1.29, 1.82) is 0 Å². The van der Waals surface area contributed by atoms with Gasteiger partial charge in [-0.1, -0.05) is 6.07 Å². The molecule has 2 aromatic rings. The van der Waals surface area contributed by atoms with Gasteiger partial charge in [0.15, 0.2) is 5.82 Å². The number of nitrogens with one attached hydrogen (secondary N) is 1. The number of aryl methyl sites for hydroxylation is 2. The van der Waals surface area contributed by atoms with E-state index >= 15 is 0 Å². The van der Waals surface area contributed by atoms with Gasteiger partial charge in [0.25, 0.3) is 0 Å². The predicted octanol–water partition coefficient (Wildman–Crippen LogP) is 3.78. The van der Waals surface area contributed by atoms with Crippen LogP contribution in [0.1, 0.15) is 17.5 Å². The van der Waals surface area contributed by atoms with Crippen molar-refractivity contribution in [3.8, 4) is 0 Å². The van der Waals surface area contributed by atoms with Crippen molar-refractivity contribution in [3.05, 3.63) is 53.1 Å². The van der Waals surface area contributed by atoms with Gasteiger partial charge < -0.3 is 11.1 Å². The first kappa shape index (κ1) is 12.0. The summed E-state index contributed by atoms with van der Waals surface area (Å²) in [6.45, 7) is 0. The van der Waals surface area contributed by atoms with E-state index in [2.05, 4.69) is 11.4 Å². The smallest absolute Gasteiger partial charge is 0.151 e. The fraction of sp³-hybridized carbons (Fsp3) is 0.200. The Kier molecular flexibility index (Phi) is 2.85. The minimum Gasteiger partial charge on any atom is -0.395 e. The van der Waals surface area contributed by atoms with Crippen molar-refractivity contribution in [2.24, 2.45) is 0 Å². The Morgan fingerprint density at radius 1 is 1.00 bits per heavy atom. The molecule has 0 spiro atoms. The summed E-state index contributed by atoms with van der Waals surface area (Å²) in [4.78, 5) is 0. The summed E-state index contributed by atoms with van der Waals surface area (Å²) in [6, 6.07) is 7.96. The van der Waals surface area contributed by atoms with Gasteiger partial charge in [-0.15, -0.1) is 0 Å². The van der Waals surface area contributed by atoms with Gasteiger partial charge in [0.05, 0.1) is 11.4 Å². The van der Waals surface area contributed by atoms with E-state index in [1.54, 1.807) is 0 Å². The molecule has 3 N–H and O–H groups in total. The molecule has 0 amide bonds. The van der Waals surface area contributed by atoms with Crippen LogP contribution in [0.3, 0.4) is 0 Å². The summed E-state index contributed by atoms with van der Waals surface area (Å²) in [5, 5.41) is 2.98. The number of nitrogen functional groups attached to an aromatic ring is 1. The molecule has 4 heteroatoms. The van der Waals surface area contributed by atoms with Crippen LogP contribution in [-0.4, -0.2) is 0 Å². The van der Waals surface area contributed by atoms with E-state index < -0.39 is 11.6 Å². The van der Waals surface area contributed by atoms with Crippen LogP contribution in [0.15, 0.2) is 30.3 Å². The zero-order valence-corrected chi connectivity index (χ0v) is 10.3. The second-order valence-corrected chi connectivity index (χ2v) is 4.81. The lowest BCUT2D eigenvalue weighted by Gasteiger charge is -2.11. The van der Waals surface area contributed by atoms with Gasteiger partial charge in [-0.2, -0.15) is 0 Å². The quantitative estimate of drug-likeness (QED) is 0.806. The number of benzene rings is 2. The van der Waals surface area contributed by atoms with Crippen LogP contribution in [-0.2, 0) is 12.8 Å². The number of fused-ring (bicyclic) bond motifs is 1. The summed E-state index contributed by atoms with van der Waals surface area (Å²) < 4.78 is 26.6. The fourth-order valence-corrected chi connectivity index (χ4v) is 2.49. The van der Waals surface area contributed by atoms with E-state index in [1.807, 2.05) is 12.1 Å². The van der Waals surface area contributed by atoms with Crippen LogP contribution < -0.4 is 11.1 Å². The number of hydrogen-bond donors (Lipinski definition) is 2. The fourth-order valence-electron chi connectivity index (χ4n) is 2.49. The molecule has 0 fully saturated rings. The highest BCUT2D eigenvalue weighted by Crippen LogP contribution is 2.30. The molecular formula is C15H14F2N2. The van der Waals surface area contributed by atoms with Gasteiger partial charge in [0.2, 0.25) is 0 Å². The van der Waals surface area contributed by atoms with Crippen LogP contribution in [0.25, 0.3) is 0 Å². The Morgan fingerprint density at radius 2 is 1.79 bits per heavy atom. The van der Waals surface area contributed by atoms with E-state index in [0.29, 0.717) is 0 Å². The van der Waals surface area contributed by atoms with Crippen LogP contribution in [0.4, 0.5) is 25.8 Å². The molecule has 0 aliphatic heterocycles. The van der Waals surface area contributed by atoms with Crippen molar-refractivity contribution in [3.63, 3.8) is 0 Å². The Labute approximate surface area is 110 Å². The monoisotopic (exact) mass is 260 g/mol. The molecule has 0 bridgehead atoms. The van der Waals surface area contributed by atoms with Crippen LogP contribution in [0.5, 0.6) is 0 Å². The lowest BCUT2D eigenvalue weighted by Crippen LogP contribution is -2.00.